The maximum Gasteiger partial charge on any atom is 0.274 e. The number of aryl methyl sites for hydroxylation is 1. The Morgan fingerprint density at radius 2 is 2.00 bits per heavy atom. The van der Waals surface area contributed by atoms with Gasteiger partial charge in [0, 0.05) is 18.3 Å². The molecule has 9 heteroatoms. The molecule has 134 valence electrons. The third-order valence-electron chi connectivity index (χ3n) is 3.41. The van der Waals surface area contributed by atoms with Crippen LogP contribution in [-0.4, -0.2) is 35.3 Å². The van der Waals surface area contributed by atoms with E-state index in [0.717, 1.165) is 0 Å². The summed E-state index contributed by atoms with van der Waals surface area (Å²) in [5.41, 5.74) is 0.643. The van der Waals surface area contributed by atoms with Gasteiger partial charge in [0.1, 0.15) is 23.0 Å². The topological polar surface area (TPSA) is 111 Å². The van der Waals surface area contributed by atoms with Crippen LogP contribution in [0.1, 0.15) is 16.2 Å². The lowest BCUT2D eigenvalue weighted by atomic mass is 10.2. The third kappa shape index (κ3) is 3.89. The summed E-state index contributed by atoms with van der Waals surface area (Å²) in [4.78, 5) is 20.8. The Bertz CT molecular complexity index is 925. The molecule has 0 saturated carbocycles. The Kier molecular flexibility index (Phi) is 4.97. The van der Waals surface area contributed by atoms with Crippen LogP contribution < -0.4 is 20.1 Å². The van der Waals surface area contributed by atoms with Gasteiger partial charge in [-0.1, -0.05) is 5.16 Å². The first-order valence-corrected chi connectivity index (χ1v) is 7.66. The second-order valence-corrected chi connectivity index (χ2v) is 5.23. The van der Waals surface area contributed by atoms with Gasteiger partial charge in [0.25, 0.3) is 5.91 Å². The van der Waals surface area contributed by atoms with E-state index >= 15 is 0 Å². The molecule has 9 nitrogen and oxygen atoms in total. The molecule has 0 aliphatic carbocycles. The number of amides is 1. The molecule has 0 radical (unpaired) electrons. The smallest absolute Gasteiger partial charge is 0.274 e. The standard InChI is InChI=1S/C17H17N5O4/c1-10-8-15(22-26-10)21-17-18-7-6-12(20-17)16(23)19-13-9-11(24-2)4-5-14(13)25-3/h4-9H,1-3H3,(H,19,23)(H,18,20,21,22). The van der Waals surface area contributed by atoms with Crippen molar-refractivity contribution in [1.29, 1.82) is 0 Å². The van der Waals surface area contributed by atoms with Crippen molar-refractivity contribution in [2.75, 3.05) is 24.9 Å². The number of carbonyl (C=O) groups excluding carboxylic acids is 1. The van der Waals surface area contributed by atoms with Crippen LogP contribution in [0, 0.1) is 6.92 Å². The summed E-state index contributed by atoms with van der Waals surface area (Å²) in [5, 5.41) is 9.42. The van der Waals surface area contributed by atoms with Gasteiger partial charge < -0.3 is 24.6 Å². The second kappa shape index (κ2) is 7.51. The van der Waals surface area contributed by atoms with Crippen molar-refractivity contribution in [3.05, 3.63) is 48.0 Å². The van der Waals surface area contributed by atoms with Gasteiger partial charge in [-0.3, -0.25) is 4.79 Å². The van der Waals surface area contributed by atoms with Crippen LogP contribution >= 0.6 is 0 Å². The van der Waals surface area contributed by atoms with Crippen LogP contribution in [0.15, 0.2) is 41.1 Å². The number of ether oxygens (including phenoxy) is 2. The number of carbonyl (C=O) groups is 1. The first kappa shape index (κ1) is 17.2. The minimum atomic E-state index is -0.418. The third-order valence-corrected chi connectivity index (χ3v) is 3.41. The highest BCUT2D eigenvalue weighted by Crippen LogP contribution is 2.29. The fraction of sp³-hybridized carbons (Fsp3) is 0.176. The zero-order chi connectivity index (χ0) is 18.5. The highest BCUT2D eigenvalue weighted by molar-refractivity contribution is 6.04. The lowest BCUT2D eigenvalue weighted by Gasteiger charge is -2.11. The quantitative estimate of drug-likeness (QED) is 0.694. The highest BCUT2D eigenvalue weighted by Gasteiger charge is 2.13. The molecule has 26 heavy (non-hydrogen) atoms. The summed E-state index contributed by atoms with van der Waals surface area (Å²) in [7, 11) is 3.06. The molecule has 0 unspecified atom stereocenters. The van der Waals surface area contributed by atoms with E-state index in [1.165, 1.54) is 19.4 Å². The van der Waals surface area contributed by atoms with Crippen molar-refractivity contribution >= 4 is 23.4 Å². The number of nitrogens with one attached hydrogen (secondary N) is 2. The molecule has 0 aliphatic heterocycles. The lowest BCUT2D eigenvalue weighted by molar-refractivity contribution is 0.102. The van der Waals surface area contributed by atoms with E-state index in [-0.39, 0.29) is 11.6 Å². The predicted molar refractivity (Wildman–Crippen MR) is 94.1 cm³/mol. The molecule has 1 amide bonds. The van der Waals surface area contributed by atoms with E-state index in [1.54, 1.807) is 38.3 Å². The van der Waals surface area contributed by atoms with E-state index in [1.807, 2.05) is 0 Å². The van der Waals surface area contributed by atoms with E-state index < -0.39 is 5.91 Å². The summed E-state index contributed by atoms with van der Waals surface area (Å²) in [6.07, 6.45) is 1.47. The molecule has 0 saturated heterocycles. The summed E-state index contributed by atoms with van der Waals surface area (Å²) in [5.74, 6) is 2.00. The van der Waals surface area contributed by atoms with Gasteiger partial charge in [-0.15, -0.1) is 0 Å². The van der Waals surface area contributed by atoms with Gasteiger partial charge in [0.2, 0.25) is 5.95 Å². The number of methoxy groups -OCH3 is 2. The SMILES string of the molecule is COc1ccc(OC)c(NC(=O)c2ccnc(Nc3cc(C)on3)n2)c1. The number of hydrogen-bond donors (Lipinski definition) is 2. The van der Waals surface area contributed by atoms with Gasteiger partial charge in [-0.25, -0.2) is 9.97 Å². The van der Waals surface area contributed by atoms with E-state index in [2.05, 4.69) is 25.8 Å². The Morgan fingerprint density at radius 1 is 1.15 bits per heavy atom. The van der Waals surface area contributed by atoms with Crippen molar-refractivity contribution < 1.29 is 18.8 Å². The highest BCUT2D eigenvalue weighted by atomic mass is 16.5. The van der Waals surface area contributed by atoms with Gasteiger partial charge in [0.05, 0.1) is 19.9 Å². The maximum atomic E-state index is 12.5. The number of benzene rings is 1. The zero-order valence-electron chi connectivity index (χ0n) is 14.4. The first-order valence-electron chi connectivity index (χ1n) is 7.66. The number of rotatable bonds is 6. The monoisotopic (exact) mass is 355 g/mol. The molecule has 0 aliphatic rings. The zero-order valence-corrected chi connectivity index (χ0v) is 14.4. The number of anilines is 3. The molecule has 3 rings (SSSR count). The summed E-state index contributed by atoms with van der Waals surface area (Å²) < 4.78 is 15.4. The largest absolute Gasteiger partial charge is 0.497 e. The first-order chi connectivity index (χ1) is 12.6. The number of nitrogens with zero attached hydrogens (tertiary/aromatic N) is 3. The van der Waals surface area contributed by atoms with Gasteiger partial charge >= 0.3 is 0 Å². The minimum absolute atomic E-state index is 0.174. The average Bonchev–Trinajstić information content (AvgIpc) is 3.06. The van der Waals surface area contributed by atoms with Crippen molar-refractivity contribution in [3.63, 3.8) is 0 Å². The van der Waals surface area contributed by atoms with Crippen LogP contribution in [0.2, 0.25) is 0 Å². The Labute approximate surface area is 149 Å². The van der Waals surface area contributed by atoms with Crippen LogP contribution in [-0.2, 0) is 0 Å². The maximum absolute atomic E-state index is 12.5. The molecular weight excluding hydrogens is 338 g/mol. The molecule has 2 heterocycles. The van der Waals surface area contributed by atoms with Gasteiger partial charge in [-0.05, 0) is 25.1 Å². The average molecular weight is 355 g/mol. The normalized spacial score (nSPS) is 10.3. The van der Waals surface area contributed by atoms with Gasteiger partial charge in [0.15, 0.2) is 5.82 Å². The van der Waals surface area contributed by atoms with Crippen LogP contribution in [0.25, 0.3) is 0 Å². The summed E-state index contributed by atoms with van der Waals surface area (Å²) >= 11 is 0. The van der Waals surface area contributed by atoms with Crippen LogP contribution in [0.4, 0.5) is 17.5 Å². The van der Waals surface area contributed by atoms with E-state index in [0.29, 0.717) is 28.8 Å². The van der Waals surface area contributed by atoms with Gasteiger partial charge in [-0.2, -0.15) is 0 Å². The predicted octanol–water partition coefficient (Wildman–Crippen LogP) is 2.79. The van der Waals surface area contributed by atoms with Crippen LogP contribution in [0.5, 0.6) is 11.5 Å². The van der Waals surface area contributed by atoms with Crippen molar-refractivity contribution in [1.82, 2.24) is 15.1 Å². The number of hydrogen-bond acceptors (Lipinski definition) is 8. The molecule has 1 aromatic carbocycles. The molecule has 0 atom stereocenters. The fourth-order valence-corrected chi connectivity index (χ4v) is 2.18. The van der Waals surface area contributed by atoms with Crippen molar-refractivity contribution in [3.8, 4) is 11.5 Å². The molecule has 2 aromatic heterocycles. The molecule has 0 fully saturated rings. The Morgan fingerprint density at radius 3 is 2.69 bits per heavy atom. The fourth-order valence-electron chi connectivity index (χ4n) is 2.18. The Hall–Kier alpha value is -3.62. The molecule has 2 N–H and O–H groups in total. The minimum Gasteiger partial charge on any atom is -0.497 e. The number of aromatic nitrogens is 3. The second-order valence-electron chi connectivity index (χ2n) is 5.23. The van der Waals surface area contributed by atoms with E-state index in [4.69, 9.17) is 14.0 Å². The van der Waals surface area contributed by atoms with E-state index in [9.17, 15) is 4.79 Å². The van der Waals surface area contributed by atoms with Crippen molar-refractivity contribution in [2.45, 2.75) is 6.92 Å². The molecule has 0 bridgehead atoms. The van der Waals surface area contributed by atoms with Crippen molar-refractivity contribution in [2.24, 2.45) is 0 Å². The Balaban J connectivity index is 1.79. The molecule has 3 aromatic rings. The van der Waals surface area contributed by atoms with Crippen LogP contribution in [0.3, 0.4) is 0 Å². The molecule has 0 spiro atoms. The summed E-state index contributed by atoms with van der Waals surface area (Å²) in [6, 6.07) is 8.29. The summed E-state index contributed by atoms with van der Waals surface area (Å²) in [6.45, 7) is 1.77. The lowest BCUT2D eigenvalue weighted by Crippen LogP contribution is -2.15. The molecular formula is C17H17N5O4.